The number of fused-ring (bicyclic) bond motifs is 1. The molecule has 0 saturated carbocycles. The van der Waals surface area contributed by atoms with Crippen LogP contribution in [0.3, 0.4) is 0 Å². The summed E-state index contributed by atoms with van der Waals surface area (Å²) >= 11 is 11.3. The van der Waals surface area contributed by atoms with E-state index in [0.717, 1.165) is 16.3 Å². The van der Waals surface area contributed by atoms with Crippen LogP contribution in [0.4, 0.5) is 5.69 Å². The van der Waals surface area contributed by atoms with Crippen LogP contribution < -0.4 is 15.4 Å². The number of benzene rings is 3. The van der Waals surface area contributed by atoms with E-state index in [1.165, 1.54) is 0 Å². The van der Waals surface area contributed by atoms with Gasteiger partial charge in [-0.2, -0.15) is 0 Å². The lowest BCUT2D eigenvalue weighted by Crippen LogP contribution is -2.37. The molecule has 3 N–H and O–H groups in total. The minimum Gasteiger partial charge on any atom is -0.504 e. The van der Waals surface area contributed by atoms with E-state index >= 15 is 0 Å². The van der Waals surface area contributed by atoms with Crippen molar-refractivity contribution in [1.82, 2.24) is 5.32 Å². The number of carbonyl (C=O) groups excluding carboxylic acids is 1. The zero-order valence-electron chi connectivity index (χ0n) is 17.0. The third-order valence-electron chi connectivity index (χ3n) is 4.54. The maximum absolute atomic E-state index is 12.3. The average molecular weight is 443 g/mol. The fraction of sp³-hybridized carbons (Fsp3) is 0.217. The SMILES string of the molecule is CC(C)(C)c1cc(Cl)c(O)c(NC(=S)NC(=O)COc2cccc3ccccc23)c1. The number of rotatable bonds is 4. The van der Waals surface area contributed by atoms with Crippen molar-refractivity contribution in [1.29, 1.82) is 0 Å². The van der Waals surface area contributed by atoms with Gasteiger partial charge in [0.2, 0.25) is 0 Å². The first-order valence-electron chi connectivity index (χ1n) is 9.39. The first kappa shape index (κ1) is 21.9. The van der Waals surface area contributed by atoms with E-state index in [-0.39, 0.29) is 27.9 Å². The minimum absolute atomic E-state index is 0.0407. The van der Waals surface area contributed by atoms with E-state index in [1.807, 2.05) is 63.2 Å². The number of thiocarbonyl (C=S) groups is 1. The molecule has 0 spiro atoms. The molecule has 0 unspecified atom stereocenters. The number of carbonyl (C=O) groups is 1. The molecule has 0 atom stereocenters. The van der Waals surface area contributed by atoms with Crippen molar-refractivity contribution in [2.75, 3.05) is 11.9 Å². The molecule has 30 heavy (non-hydrogen) atoms. The largest absolute Gasteiger partial charge is 0.504 e. The number of anilines is 1. The van der Waals surface area contributed by atoms with Crippen molar-refractivity contribution in [2.45, 2.75) is 26.2 Å². The second-order valence-electron chi connectivity index (χ2n) is 7.87. The smallest absolute Gasteiger partial charge is 0.264 e. The highest BCUT2D eigenvalue weighted by Crippen LogP contribution is 2.37. The Balaban J connectivity index is 1.64. The predicted molar refractivity (Wildman–Crippen MR) is 126 cm³/mol. The molecule has 5 nitrogen and oxygen atoms in total. The quantitative estimate of drug-likeness (QED) is 0.373. The van der Waals surface area contributed by atoms with Gasteiger partial charge in [0.25, 0.3) is 5.91 Å². The zero-order valence-corrected chi connectivity index (χ0v) is 18.5. The van der Waals surface area contributed by atoms with Crippen LogP contribution in [0, 0.1) is 0 Å². The highest BCUT2D eigenvalue weighted by atomic mass is 35.5. The first-order valence-corrected chi connectivity index (χ1v) is 10.2. The van der Waals surface area contributed by atoms with E-state index < -0.39 is 5.91 Å². The molecule has 3 aromatic rings. The van der Waals surface area contributed by atoms with Gasteiger partial charge in [0.05, 0.1) is 10.7 Å². The average Bonchev–Trinajstić information content (AvgIpc) is 2.68. The summed E-state index contributed by atoms with van der Waals surface area (Å²) in [6, 6.07) is 16.9. The van der Waals surface area contributed by atoms with E-state index in [4.69, 9.17) is 28.6 Å². The Morgan fingerprint density at radius 1 is 1.13 bits per heavy atom. The Hall–Kier alpha value is -2.83. The lowest BCUT2D eigenvalue weighted by molar-refractivity contribution is -0.121. The number of hydrogen-bond donors (Lipinski definition) is 3. The van der Waals surface area contributed by atoms with E-state index in [2.05, 4.69) is 10.6 Å². The fourth-order valence-corrected chi connectivity index (χ4v) is 3.35. The molecule has 7 heteroatoms. The molecule has 0 aliphatic rings. The summed E-state index contributed by atoms with van der Waals surface area (Å²) in [4.78, 5) is 12.3. The number of aromatic hydroxyl groups is 1. The Labute approximate surface area is 186 Å². The number of ether oxygens (including phenoxy) is 1. The van der Waals surface area contributed by atoms with Crippen LogP contribution in [0.1, 0.15) is 26.3 Å². The molecule has 3 rings (SSSR count). The van der Waals surface area contributed by atoms with Gasteiger partial charge in [-0.3, -0.25) is 10.1 Å². The number of halogens is 1. The summed E-state index contributed by atoms with van der Waals surface area (Å²) in [5, 5.41) is 17.8. The molecule has 0 radical (unpaired) electrons. The summed E-state index contributed by atoms with van der Waals surface area (Å²) in [6.45, 7) is 5.89. The third-order valence-corrected chi connectivity index (χ3v) is 5.03. The van der Waals surface area contributed by atoms with Gasteiger partial charge in [-0.15, -0.1) is 0 Å². The van der Waals surface area contributed by atoms with Crippen molar-refractivity contribution in [3.8, 4) is 11.5 Å². The number of nitrogens with one attached hydrogen (secondary N) is 2. The van der Waals surface area contributed by atoms with E-state index in [0.29, 0.717) is 11.4 Å². The fourth-order valence-electron chi connectivity index (χ4n) is 2.91. The number of phenolic OH excluding ortho intramolecular Hbond substituents is 1. The second kappa shape index (κ2) is 8.90. The van der Waals surface area contributed by atoms with Crippen LogP contribution >= 0.6 is 23.8 Å². The first-order chi connectivity index (χ1) is 14.1. The Morgan fingerprint density at radius 2 is 1.83 bits per heavy atom. The topological polar surface area (TPSA) is 70.6 Å². The molecule has 156 valence electrons. The molecule has 0 aliphatic heterocycles. The van der Waals surface area contributed by atoms with Crippen LogP contribution in [-0.2, 0) is 10.2 Å². The van der Waals surface area contributed by atoms with Crippen molar-refractivity contribution < 1.29 is 14.6 Å². The molecule has 3 aromatic carbocycles. The van der Waals surface area contributed by atoms with Crippen molar-refractivity contribution in [3.63, 3.8) is 0 Å². The monoisotopic (exact) mass is 442 g/mol. The molecular formula is C23H23ClN2O3S. The van der Waals surface area contributed by atoms with Crippen LogP contribution in [0.2, 0.25) is 5.02 Å². The molecule has 1 amide bonds. The number of phenols is 1. The van der Waals surface area contributed by atoms with Crippen LogP contribution in [-0.4, -0.2) is 22.7 Å². The molecule has 0 saturated heterocycles. The summed E-state index contributed by atoms with van der Waals surface area (Å²) in [5.74, 6) is 0.0655. The van der Waals surface area contributed by atoms with Gasteiger partial charge in [-0.05, 0) is 46.8 Å². The highest BCUT2D eigenvalue weighted by molar-refractivity contribution is 7.80. The van der Waals surface area contributed by atoms with Crippen LogP contribution in [0.25, 0.3) is 10.8 Å². The molecule has 0 aromatic heterocycles. The molecule has 0 aliphatic carbocycles. The van der Waals surface area contributed by atoms with Gasteiger partial charge in [-0.25, -0.2) is 0 Å². The normalized spacial score (nSPS) is 11.2. The Kier molecular flexibility index (Phi) is 6.48. The van der Waals surface area contributed by atoms with Crippen molar-refractivity contribution >= 4 is 51.3 Å². The standard InChI is InChI=1S/C23H23ClN2O3S/c1-23(2,3)15-11-17(24)21(28)18(12-15)25-22(30)26-20(27)13-29-19-10-6-8-14-7-4-5-9-16(14)19/h4-12,28H,13H2,1-3H3,(H2,25,26,27,30). The minimum atomic E-state index is -0.419. The van der Waals surface area contributed by atoms with Gasteiger partial charge < -0.3 is 15.2 Å². The lowest BCUT2D eigenvalue weighted by atomic mass is 9.87. The van der Waals surface area contributed by atoms with Gasteiger partial charge in [0, 0.05) is 5.39 Å². The summed E-state index contributed by atoms with van der Waals surface area (Å²) in [6.07, 6.45) is 0. The van der Waals surface area contributed by atoms with Crippen molar-refractivity contribution in [3.05, 3.63) is 65.2 Å². The van der Waals surface area contributed by atoms with Gasteiger partial charge in [-0.1, -0.05) is 68.8 Å². The van der Waals surface area contributed by atoms with Crippen LogP contribution in [0.5, 0.6) is 11.5 Å². The molecular weight excluding hydrogens is 420 g/mol. The van der Waals surface area contributed by atoms with E-state index in [1.54, 1.807) is 12.1 Å². The Bertz CT molecular complexity index is 1100. The van der Waals surface area contributed by atoms with Gasteiger partial charge in [0.15, 0.2) is 17.5 Å². The predicted octanol–water partition coefficient (Wildman–Crippen LogP) is 5.39. The third kappa shape index (κ3) is 5.20. The second-order valence-corrected chi connectivity index (χ2v) is 8.69. The summed E-state index contributed by atoms with van der Waals surface area (Å²) in [7, 11) is 0. The molecule has 0 fully saturated rings. The molecule has 0 bridgehead atoms. The van der Waals surface area contributed by atoms with Gasteiger partial charge in [0.1, 0.15) is 5.75 Å². The maximum atomic E-state index is 12.3. The van der Waals surface area contributed by atoms with E-state index in [9.17, 15) is 9.90 Å². The van der Waals surface area contributed by atoms with Gasteiger partial charge >= 0.3 is 0 Å². The molecule has 0 heterocycles. The van der Waals surface area contributed by atoms with Crippen LogP contribution in [0.15, 0.2) is 54.6 Å². The summed E-state index contributed by atoms with van der Waals surface area (Å²) in [5.41, 5.74) is 1.07. The van der Waals surface area contributed by atoms with Crippen molar-refractivity contribution in [2.24, 2.45) is 0 Å². The number of hydrogen-bond acceptors (Lipinski definition) is 4. The maximum Gasteiger partial charge on any atom is 0.264 e. The highest BCUT2D eigenvalue weighted by Gasteiger charge is 2.19. The Morgan fingerprint density at radius 3 is 2.57 bits per heavy atom. The lowest BCUT2D eigenvalue weighted by Gasteiger charge is -2.21. The summed E-state index contributed by atoms with van der Waals surface area (Å²) < 4.78 is 5.67. The number of amides is 1. The zero-order chi connectivity index (χ0) is 21.9.